The van der Waals surface area contributed by atoms with Gasteiger partial charge in [0.25, 0.3) is 5.69 Å². The molecular weight excluding hydrogens is 354 g/mol. The van der Waals surface area contributed by atoms with Crippen molar-refractivity contribution in [3.63, 3.8) is 0 Å². The number of carbonyl (C=O) groups excluding carboxylic acids is 1. The fourth-order valence-electron chi connectivity index (χ4n) is 2.24. The first kappa shape index (κ1) is 17.6. The molecule has 1 amide bonds. The maximum atomic E-state index is 12.0. The SMILES string of the molecule is CCOc1ccc2nc(NC(=O)/C=C/c3ccc([N+](=O)[O-])cc3)sc2c1. The third kappa shape index (κ3) is 4.22. The van der Waals surface area contributed by atoms with Crippen LogP contribution in [0.4, 0.5) is 10.8 Å². The number of ether oxygens (including phenoxy) is 1. The minimum absolute atomic E-state index is 0.00694. The number of hydrogen-bond donors (Lipinski definition) is 1. The lowest BCUT2D eigenvalue weighted by Crippen LogP contribution is -2.07. The zero-order valence-electron chi connectivity index (χ0n) is 13.8. The highest BCUT2D eigenvalue weighted by atomic mass is 32.1. The largest absolute Gasteiger partial charge is 0.494 e. The molecule has 3 aromatic rings. The number of amides is 1. The topological polar surface area (TPSA) is 94.4 Å². The Balaban J connectivity index is 1.67. The molecule has 0 bridgehead atoms. The monoisotopic (exact) mass is 369 g/mol. The summed E-state index contributed by atoms with van der Waals surface area (Å²) >= 11 is 1.36. The molecule has 0 aliphatic carbocycles. The lowest BCUT2D eigenvalue weighted by Gasteiger charge is -2.00. The van der Waals surface area contributed by atoms with Crippen LogP contribution in [0, 0.1) is 10.1 Å². The molecule has 1 N–H and O–H groups in total. The van der Waals surface area contributed by atoms with Crippen LogP contribution in [-0.2, 0) is 4.79 Å². The molecule has 0 saturated carbocycles. The Morgan fingerprint density at radius 2 is 2.08 bits per heavy atom. The smallest absolute Gasteiger partial charge is 0.269 e. The van der Waals surface area contributed by atoms with E-state index in [1.54, 1.807) is 18.2 Å². The molecule has 132 valence electrons. The predicted molar refractivity (Wildman–Crippen MR) is 102 cm³/mol. The van der Waals surface area contributed by atoms with Gasteiger partial charge in [-0.1, -0.05) is 11.3 Å². The van der Waals surface area contributed by atoms with Gasteiger partial charge in [-0.25, -0.2) is 4.98 Å². The van der Waals surface area contributed by atoms with Crippen LogP contribution in [0.15, 0.2) is 48.5 Å². The molecule has 8 heteroatoms. The molecule has 0 unspecified atom stereocenters. The number of hydrogen-bond acceptors (Lipinski definition) is 6. The second-order valence-electron chi connectivity index (χ2n) is 5.25. The van der Waals surface area contributed by atoms with Gasteiger partial charge in [0.05, 0.1) is 21.7 Å². The van der Waals surface area contributed by atoms with Gasteiger partial charge in [-0.15, -0.1) is 0 Å². The van der Waals surface area contributed by atoms with Gasteiger partial charge in [0.2, 0.25) is 5.91 Å². The summed E-state index contributed by atoms with van der Waals surface area (Å²) in [4.78, 5) is 26.6. The number of rotatable bonds is 6. The molecule has 1 aromatic heterocycles. The van der Waals surface area contributed by atoms with Gasteiger partial charge < -0.3 is 4.74 Å². The van der Waals surface area contributed by atoms with Crippen LogP contribution in [0.25, 0.3) is 16.3 Å². The average molecular weight is 369 g/mol. The molecule has 0 saturated heterocycles. The van der Waals surface area contributed by atoms with E-state index < -0.39 is 4.92 Å². The number of nitro benzene ring substituents is 1. The van der Waals surface area contributed by atoms with E-state index in [2.05, 4.69) is 10.3 Å². The Morgan fingerprint density at radius 1 is 1.31 bits per heavy atom. The van der Waals surface area contributed by atoms with Crippen LogP contribution in [-0.4, -0.2) is 22.4 Å². The third-order valence-electron chi connectivity index (χ3n) is 3.43. The highest BCUT2D eigenvalue weighted by Crippen LogP contribution is 2.29. The summed E-state index contributed by atoms with van der Waals surface area (Å²) in [7, 11) is 0. The molecule has 26 heavy (non-hydrogen) atoms. The van der Waals surface area contributed by atoms with Gasteiger partial charge in [-0.3, -0.25) is 20.2 Å². The van der Waals surface area contributed by atoms with Crippen molar-refractivity contribution in [2.45, 2.75) is 6.92 Å². The van der Waals surface area contributed by atoms with Crippen LogP contribution in [0.3, 0.4) is 0 Å². The van der Waals surface area contributed by atoms with E-state index >= 15 is 0 Å². The van der Waals surface area contributed by atoms with Crippen molar-refractivity contribution in [3.8, 4) is 5.75 Å². The summed E-state index contributed by atoms with van der Waals surface area (Å²) in [5.74, 6) is 0.437. The fraction of sp³-hybridized carbons (Fsp3) is 0.111. The van der Waals surface area contributed by atoms with Crippen LogP contribution in [0.2, 0.25) is 0 Å². The lowest BCUT2D eigenvalue weighted by molar-refractivity contribution is -0.384. The van der Waals surface area contributed by atoms with E-state index in [0.29, 0.717) is 17.3 Å². The molecule has 0 radical (unpaired) electrons. The summed E-state index contributed by atoms with van der Waals surface area (Å²) < 4.78 is 6.38. The highest BCUT2D eigenvalue weighted by molar-refractivity contribution is 7.22. The minimum atomic E-state index is -0.468. The molecule has 7 nitrogen and oxygen atoms in total. The van der Waals surface area contributed by atoms with Crippen molar-refractivity contribution < 1.29 is 14.5 Å². The molecule has 2 aromatic carbocycles. The molecule has 0 fully saturated rings. The van der Waals surface area contributed by atoms with Crippen LogP contribution in [0.5, 0.6) is 5.75 Å². The number of nitrogens with zero attached hydrogens (tertiary/aromatic N) is 2. The molecule has 0 aliphatic heterocycles. The van der Waals surface area contributed by atoms with E-state index in [4.69, 9.17) is 4.74 Å². The molecule has 0 atom stereocenters. The summed E-state index contributed by atoms with van der Waals surface area (Å²) in [6, 6.07) is 11.5. The van der Waals surface area contributed by atoms with Crippen molar-refractivity contribution in [1.82, 2.24) is 4.98 Å². The maximum Gasteiger partial charge on any atom is 0.269 e. The molecule has 0 aliphatic rings. The number of aromatic nitrogens is 1. The first-order chi connectivity index (χ1) is 12.5. The number of thiazole rings is 1. The van der Waals surface area contributed by atoms with E-state index in [9.17, 15) is 14.9 Å². The molecule has 1 heterocycles. The number of non-ortho nitro benzene ring substituents is 1. The first-order valence-corrected chi connectivity index (χ1v) is 8.63. The Kier molecular flexibility index (Phi) is 5.23. The normalized spacial score (nSPS) is 11.0. The van der Waals surface area contributed by atoms with Gasteiger partial charge in [-0.05, 0) is 48.9 Å². The lowest BCUT2D eigenvalue weighted by atomic mass is 10.2. The number of benzene rings is 2. The number of nitrogens with one attached hydrogen (secondary N) is 1. The first-order valence-electron chi connectivity index (χ1n) is 7.82. The zero-order valence-corrected chi connectivity index (χ0v) is 14.7. The second kappa shape index (κ2) is 7.75. The van der Waals surface area contributed by atoms with Gasteiger partial charge in [-0.2, -0.15) is 0 Å². The summed E-state index contributed by atoms with van der Waals surface area (Å²) in [5, 5.41) is 13.8. The number of nitro groups is 1. The Hall–Kier alpha value is -3.26. The van der Waals surface area contributed by atoms with Crippen molar-refractivity contribution >= 4 is 44.4 Å². The van der Waals surface area contributed by atoms with Crippen LogP contribution < -0.4 is 10.1 Å². The number of anilines is 1. The number of fused-ring (bicyclic) bond motifs is 1. The Morgan fingerprint density at radius 3 is 2.77 bits per heavy atom. The van der Waals surface area contributed by atoms with Gasteiger partial charge in [0, 0.05) is 18.2 Å². The van der Waals surface area contributed by atoms with E-state index in [1.807, 2.05) is 25.1 Å². The summed E-state index contributed by atoms with van der Waals surface area (Å²) in [6.45, 7) is 2.50. The van der Waals surface area contributed by atoms with Crippen molar-refractivity contribution in [2.75, 3.05) is 11.9 Å². The van der Waals surface area contributed by atoms with Gasteiger partial charge in [0.15, 0.2) is 5.13 Å². The van der Waals surface area contributed by atoms with Gasteiger partial charge in [0.1, 0.15) is 5.75 Å². The second-order valence-corrected chi connectivity index (χ2v) is 6.28. The molecule has 3 rings (SSSR count). The molecule has 0 spiro atoms. The summed E-state index contributed by atoms with van der Waals surface area (Å²) in [6.07, 6.45) is 2.94. The minimum Gasteiger partial charge on any atom is -0.494 e. The standard InChI is InChI=1S/C18H15N3O4S/c1-2-25-14-8-9-15-16(11-14)26-18(19-15)20-17(22)10-5-12-3-6-13(7-4-12)21(23)24/h3-11H,2H2,1H3,(H,19,20,22)/b10-5+. The average Bonchev–Trinajstić information content (AvgIpc) is 3.02. The maximum absolute atomic E-state index is 12.0. The number of carbonyl (C=O) groups is 1. The zero-order chi connectivity index (χ0) is 18.5. The van der Waals surface area contributed by atoms with E-state index in [-0.39, 0.29) is 11.6 Å². The quantitative estimate of drug-likeness (QED) is 0.398. The summed E-state index contributed by atoms with van der Waals surface area (Å²) in [5.41, 5.74) is 1.48. The van der Waals surface area contributed by atoms with Crippen LogP contribution in [0.1, 0.15) is 12.5 Å². The van der Waals surface area contributed by atoms with E-state index in [0.717, 1.165) is 16.0 Å². The fourth-order valence-corrected chi connectivity index (χ4v) is 3.14. The van der Waals surface area contributed by atoms with Crippen molar-refractivity contribution in [1.29, 1.82) is 0 Å². The highest BCUT2D eigenvalue weighted by Gasteiger charge is 2.07. The van der Waals surface area contributed by atoms with E-state index in [1.165, 1.54) is 29.5 Å². The third-order valence-corrected chi connectivity index (χ3v) is 4.37. The van der Waals surface area contributed by atoms with Crippen molar-refractivity contribution in [3.05, 3.63) is 64.2 Å². The predicted octanol–water partition coefficient (Wildman–Crippen LogP) is 4.26. The van der Waals surface area contributed by atoms with Crippen molar-refractivity contribution in [2.24, 2.45) is 0 Å². The Bertz CT molecular complexity index is 980. The Labute approximate surface area is 153 Å². The van der Waals surface area contributed by atoms with Gasteiger partial charge >= 0.3 is 0 Å². The molecular formula is C18H15N3O4S. The van der Waals surface area contributed by atoms with Crippen LogP contribution >= 0.6 is 11.3 Å².